The molecular formula is C26H25Cl2F6N3O. The molecule has 1 aromatic heterocycles. The van der Waals surface area contributed by atoms with E-state index in [4.69, 9.17) is 0 Å². The van der Waals surface area contributed by atoms with Crippen LogP contribution < -0.4 is 0 Å². The molecule has 0 bridgehead atoms. The molecule has 1 fully saturated rings. The van der Waals surface area contributed by atoms with Crippen molar-refractivity contribution >= 4 is 30.7 Å². The van der Waals surface area contributed by atoms with E-state index in [9.17, 15) is 31.1 Å². The fraction of sp³-hybridized carbons (Fsp3) is 0.308. The molecule has 1 aliphatic heterocycles. The monoisotopic (exact) mass is 579 g/mol. The van der Waals surface area contributed by atoms with E-state index in [0.29, 0.717) is 38.2 Å². The molecule has 206 valence electrons. The summed E-state index contributed by atoms with van der Waals surface area (Å²) in [6.07, 6.45) is -6.26. The predicted octanol–water partition coefficient (Wildman–Crippen LogP) is 6.53. The standard InChI is InChI=1S/C26H23F6N3O.2ClH/c27-25(28,29)21-12-20(13-22(14-21)26(30,31)32)24(36)35-10-9-34(16-19-7-4-8-33-15-19)17-23(35)11-18-5-2-1-3-6-18;;/h1-8,12-15,23H,9-11,16-17H2;2*1H. The molecule has 12 heteroatoms. The van der Waals surface area contributed by atoms with Gasteiger partial charge < -0.3 is 4.90 Å². The quantitative estimate of drug-likeness (QED) is 0.322. The summed E-state index contributed by atoms with van der Waals surface area (Å²) < 4.78 is 80.2. The van der Waals surface area contributed by atoms with E-state index in [1.165, 1.54) is 4.90 Å². The van der Waals surface area contributed by atoms with Crippen LogP contribution in [0.3, 0.4) is 0 Å². The van der Waals surface area contributed by atoms with Crippen LogP contribution >= 0.6 is 24.8 Å². The second kappa shape index (κ2) is 12.8. The number of piperazine rings is 1. The Balaban J connectivity index is 0.00000253. The summed E-state index contributed by atoms with van der Waals surface area (Å²) in [7, 11) is 0. The van der Waals surface area contributed by atoms with E-state index in [1.54, 1.807) is 12.4 Å². The van der Waals surface area contributed by atoms with Crippen molar-refractivity contribution in [1.82, 2.24) is 14.8 Å². The first kappa shape index (κ1) is 31.4. The van der Waals surface area contributed by atoms with Crippen molar-refractivity contribution in [3.8, 4) is 0 Å². The first-order chi connectivity index (χ1) is 17.0. The molecule has 0 spiro atoms. The second-order valence-electron chi connectivity index (χ2n) is 8.73. The SMILES string of the molecule is Cl.Cl.O=C(c1cc(C(F)(F)F)cc(C(F)(F)F)c1)N1CCN(Cc2cccnc2)CC1Cc1ccccc1. The van der Waals surface area contributed by atoms with Gasteiger partial charge in [-0.2, -0.15) is 26.3 Å². The van der Waals surface area contributed by atoms with Crippen LogP contribution in [-0.4, -0.2) is 46.4 Å². The molecule has 0 saturated carbocycles. The van der Waals surface area contributed by atoms with Gasteiger partial charge in [0.15, 0.2) is 0 Å². The number of hydrogen-bond donors (Lipinski definition) is 0. The Morgan fingerprint density at radius 3 is 2.00 bits per heavy atom. The molecule has 0 N–H and O–H groups in total. The van der Waals surface area contributed by atoms with Crippen molar-refractivity contribution in [2.75, 3.05) is 19.6 Å². The van der Waals surface area contributed by atoms with Gasteiger partial charge >= 0.3 is 12.4 Å². The largest absolute Gasteiger partial charge is 0.416 e. The van der Waals surface area contributed by atoms with Gasteiger partial charge in [0.05, 0.1) is 11.1 Å². The number of halogens is 8. The Kier molecular flexibility index (Phi) is 10.6. The number of amides is 1. The average Bonchev–Trinajstić information content (AvgIpc) is 2.84. The number of aromatic nitrogens is 1. The normalized spacial score (nSPS) is 16.4. The minimum Gasteiger partial charge on any atom is -0.333 e. The van der Waals surface area contributed by atoms with Crippen molar-refractivity contribution in [3.05, 3.63) is 101 Å². The Morgan fingerprint density at radius 2 is 1.45 bits per heavy atom. The Morgan fingerprint density at radius 1 is 0.842 bits per heavy atom. The zero-order chi connectivity index (χ0) is 25.9. The van der Waals surface area contributed by atoms with Crippen molar-refractivity contribution in [3.63, 3.8) is 0 Å². The lowest BCUT2D eigenvalue weighted by atomic mass is 9.99. The van der Waals surface area contributed by atoms with Gasteiger partial charge in [0.1, 0.15) is 0 Å². The molecule has 3 aromatic rings. The average molecular weight is 580 g/mol. The van der Waals surface area contributed by atoms with Crippen LogP contribution in [0, 0.1) is 0 Å². The molecule has 38 heavy (non-hydrogen) atoms. The van der Waals surface area contributed by atoms with Gasteiger partial charge in [-0.3, -0.25) is 14.7 Å². The lowest BCUT2D eigenvalue weighted by Gasteiger charge is -2.42. The molecule has 1 aliphatic rings. The molecule has 4 rings (SSSR count). The molecule has 2 aromatic carbocycles. The Labute approximate surface area is 228 Å². The third kappa shape index (κ3) is 7.85. The lowest BCUT2D eigenvalue weighted by molar-refractivity contribution is -0.143. The summed E-state index contributed by atoms with van der Waals surface area (Å²) in [5, 5.41) is 0. The zero-order valence-electron chi connectivity index (χ0n) is 19.9. The third-order valence-electron chi connectivity index (χ3n) is 6.11. The molecule has 1 atom stereocenters. The summed E-state index contributed by atoms with van der Waals surface area (Å²) in [5.74, 6) is -0.853. The molecule has 4 nitrogen and oxygen atoms in total. The number of alkyl halides is 6. The van der Waals surface area contributed by atoms with Crippen molar-refractivity contribution < 1.29 is 31.1 Å². The highest BCUT2D eigenvalue weighted by atomic mass is 35.5. The second-order valence-corrected chi connectivity index (χ2v) is 8.73. The van der Waals surface area contributed by atoms with Gasteiger partial charge in [-0.05, 0) is 41.8 Å². The number of rotatable bonds is 5. The minimum atomic E-state index is -5.03. The fourth-order valence-corrected chi connectivity index (χ4v) is 4.39. The number of carbonyl (C=O) groups excluding carboxylic acids is 1. The van der Waals surface area contributed by atoms with Crippen LogP contribution in [-0.2, 0) is 25.3 Å². The van der Waals surface area contributed by atoms with E-state index in [-0.39, 0.29) is 37.4 Å². The molecule has 1 amide bonds. The summed E-state index contributed by atoms with van der Waals surface area (Å²) in [6.45, 7) is 1.54. The summed E-state index contributed by atoms with van der Waals surface area (Å²) >= 11 is 0. The Hall–Kier alpha value is -2.82. The zero-order valence-corrected chi connectivity index (χ0v) is 21.5. The van der Waals surface area contributed by atoms with Gasteiger partial charge in [0, 0.05) is 50.2 Å². The molecule has 2 heterocycles. The van der Waals surface area contributed by atoms with Crippen LogP contribution in [0.5, 0.6) is 0 Å². The van der Waals surface area contributed by atoms with Gasteiger partial charge in [-0.1, -0.05) is 36.4 Å². The maximum Gasteiger partial charge on any atom is 0.416 e. The number of benzene rings is 2. The first-order valence-corrected chi connectivity index (χ1v) is 11.3. The van der Waals surface area contributed by atoms with E-state index >= 15 is 0 Å². The minimum absolute atomic E-state index is 0. The predicted molar refractivity (Wildman–Crippen MR) is 135 cm³/mol. The van der Waals surface area contributed by atoms with Crippen LogP contribution in [0.2, 0.25) is 0 Å². The summed E-state index contributed by atoms with van der Waals surface area (Å²) in [6, 6.07) is 13.5. The van der Waals surface area contributed by atoms with Crippen LogP contribution in [0.15, 0.2) is 73.1 Å². The highest BCUT2D eigenvalue weighted by molar-refractivity contribution is 5.95. The van der Waals surface area contributed by atoms with Gasteiger partial charge in [-0.25, -0.2) is 0 Å². The fourth-order valence-electron chi connectivity index (χ4n) is 4.39. The maximum atomic E-state index is 13.4. The number of carbonyl (C=O) groups is 1. The number of nitrogens with zero attached hydrogens (tertiary/aromatic N) is 3. The van der Waals surface area contributed by atoms with Crippen molar-refractivity contribution in [2.24, 2.45) is 0 Å². The van der Waals surface area contributed by atoms with Gasteiger partial charge in [-0.15, -0.1) is 24.8 Å². The van der Waals surface area contributed by atoms with Gasteiger partial charge in [0.2, 0.25) is 0 Å². The first-order valence-electron chi connectivity index (χ1n) is 11.3. The smallest absolute Gasteiger partial charge is 0.333 e. The third-order valence-corrected chi connectivity index (χ3v) is 6.11. The Bertz CT molecular complexity index is 1160. The molecular weight excluding hydrogens is 555 g/mol. The van der Waals surface area contributed by atoms with E-state index in [1.807, 2.05) is 42.5 Å². The maximum absolute atomic E-state index is 13.4. The molecule has 0 radical (unpaired) electrons. The van der Waals surface area contributed by atoms with E-state index < -0.39 is 41.0 Å². The summed E-state index contributed by atoms with van der Waals surface area (Å²) in [5.41, 5.74) is -1.77. The van der Waals surface area contributed by atoms with E-state index in [0.717, 1.165) is 11.1 Å². The molecule has 0 aliphatic carbocycles. The van der Waals surface area contributed by atoms with Crippen LogP contribution in [0.25, 0.3) is 0 Å². The van der Waals surface area contributed by atoms with Crippen molar-refractivity contribution in [2.45, 2.75) is 31.4 Å². The summed E-state index contributed by atoms with van der Waals surface area (Å²) in [4.78, 5) is 21.0. The van der Waals surface area contributed by atoms with E-state index in [2.05, 4.69) is 9.88 Å². The van der Waals surface area contributed by atoms with Crippen molar-refractivity contribution in [1.29, 1.82) is 0 Å². The number of pyridine rings is 1. The lowest BCUT2D eigenvalue weighted by Crippen LogP contribution is -2.55. The topological polar surface area (TPSA) is 36.4 Å². The number of hydrogen-bond acceptors (Lipinski definition) is 3. The molecule has 1 saturated heterocycles. The highest BCUT2D eigenvalue weighted by Gasteiger charge is 2.39. The molecule has 1 unspecified atom stereocenters. The van der Waals surface area contributed by atoms with Gasteiger partial charge in [0.25, 0.3) is 5.91 Å². The van der Waals surface area contributed by atoms with Crippen LogP contribution in [0.4, 0.5) is 26.3 Å². The van der Waals surface area contributed by atoms with Crippen LogP contribution in [0.1, 0.15) is 32.6 Å². The highest BCUT2D eigenvalue weighted by Crippen LogP contribution is 2.37.